The molecule has 0 amide bonds. The summed E-state index contributed by atoms with van der Waals surface area (Å²) in [5.41, 5.74) is 3.97. The van der Waals surface area contributed by atoms with Crippen molar-refractivity contribution in [1.82, 2.24) is 0 Å². The highest BCUT2D eigenvalue weighted by molar-refractivity contribution is 8.00. The highest BCUT2D eigenvalue weighted by atomic mass is 32.0. The summed E-state index contributed by atoms with van der Waals surface area (Å²) in [7, 11) is 3.14. The fourth-order valence-electron chi connectivity index (χ4n) is 5.51. The van der Waals surface area contributed by atoms with Gasteiger partial charge in [0.25, 0.3) is 0 Å². The van der Waals surface area contributed by atoms with Gasteiger partial charge in [0, 0.05) is 8.50 Å². The molecule has 2 saturated carbocycles. The van der Waals surface area contributed by atoms with E-state index in [1.54, 1.807) is 0 Å². The van der Waals surface area contributed by atoms with Crippen LogP contribution in [0.5, 0.6) is 0 Å². The van der Waals surface area contributed by atoms with Crippen LogP contribution in [0.15, 0.2) is 23.8 Å². The van der Waals surface area contributed by atoms with E-state index in [1.807, 2.05) is 0 Å². The van der Waals surface area contributed by atoms with Crippen molar-refractivity contribution in [3.63, 3.8) is 0 Å². The van der Waals surface area contributed by atoms with Crippen LogP contribution in [0.2, 0.25) is 0 Å². The molecule has 4 unspecified atom stereocenters. The van der Waals surface area contributed by atoms with Gasteiger partial charge >= 0.3 is 0 Å². The lowest BCUT2D eigenvalue weighted by molar-refractivity contribution is -0.0539. The molecule has 132 valence electrons. The third-order valence-electron chi connectivity index (χ3n) is 6.74. The summed E-state index contributed by atoms with van der Waals surface area (Å²) in [6.45, 7) is 15.1. The van der Waals surface area contributed by atoms with Gasteiger partial charge in [0.1, 0.15) is 0 Å². The summed E-state index contributed by atoms with van der Waals surface area (Å²) in [4.78, 5) is 0. The second-order valence-electron chi connectivity index (χ2n) is 8.67. The lowest BCUT2D eigenvalue weighted by atomic mass is 9.47. The second-order valence-corrected chi connectivity index (χ2v) is 9.90. The van der Waals surface area contributed by atoms with E-state index < -0.39 is 0 Å². The molecule has 0 radical (unpaired) electrons. The molecule has 0 saturated heterocycles. The van der Waals surface area contributed by atoms with E-state index in [0.29, 0.717) is 25.2 Å². The van der Waals surface area contributed by atoms with E-state index in [1.165, 1.54) is 56.1 Å². The van der Waals surface area contributed by atoms with Crippen LogP contribution in [0.3, 0.4) is 0 Å². The monoisotopic (exact) mass is 354 g/mol. The molecular weight excluding hydrogens is 318 g/mol. The van der Waals surface area contributed by atoms with Gasteiger partial charge < -0.3 is 4.52 Å². The van der Waals surface area contributed by atoms with Crippen LogP contribution in [-0.4, -0.2) is 6.61 Å². The first kappa shape index (κ1) is 19.6. The minimum Gasteiger partial charge on any atom is -0.354 e. The van der Waals surface area contributed by atoms with E-state index in [-0.39, 0.29) is 0 Å². The number of hydrogen-bond donors (Lipinski definition) is 0. The minimum absolute atomic E-state index is 0.468. The summed E-state index contributed by atoms with van der Waals surface area (Å²) >= 11 is 0. The molecule has 2 fully saturated rings. The van der Waals surface area contributed by atoms with Crippen molar-refractivity contribution in [1.29, 1.82) is 0 Å². The maximum atomic E-state index is 5.45. The van der Waals surface area contributed by atoms with Crippen LogP contribution in [-0.2, 0) is 4.52 Å². The molecule has 3 heteroatoms. The quantitative estimate of drug-likeness (QED) is 0.286. The summed E-state index contributed by atoms with van der Waals surface area (Å²) in [6, 6.07) is 0. The van der Waals surface area contributed by atoms with Crippen molar-refractivity contribution in [3.8, 4) is 0 Å². The van der Waals surface area contributed by atoms with Crippen LogP contribution >= 0.6 is 17.4 Å². The second kappa shape index (κ2) is 8.12. The zero-order chi connectivity index (χ0) is 17.1. The third kappa shape index (κ3) is 4.48. The Bertz CT molecular complexity index is 455. The number of rotatable bonds is 6. The smallest absolute Gasteiger partial charge is 0.0693 e. The normalized spacial score (nSPS) is 34.8. The zero-order valence-corrected chi connectivity index (χ0v) is 17.7. The van der Waals surface area contributed by atoms with Crippen LogP contribution in [0, 0.1) is 22.7 Å². The highest BCUT2D eigenvalue weighted by Crippen LogP contribution is 2.61. The predicted molar refractivity (Wildman–Crippen MR) is 108 cm³/mol. The Kier molecular flexibility index (Phi) is 6.93. The zero-order valence-electron chi connectivity index (χ0n) is 15.6. The van der Waals surface area contributed by atoms with Gasteiger partial charge in [0.15, 0.2) is 0 Å². The molecule has 0 aliphatic heterocycles. The molecule has 2 aliphatic carbocycles. The van der Waals surface area contributed by atoms with E-state index in [2.05, 4.69) is 49.3 Å². The topological polar surface area (TPSA) is 9.23 Å². The van der Waals surface area contributed by atoms with Crippen molar-refractivity contribution in [3.05, 3.63) is 23.8 Å². The van der Waals surface area contributed by atoms with Gasteiger partial charge in [-0.05, 0) is 68.1 Å². The molecule has 2 rings (SSSR count). The number of hydrogen-bond acceptors (Lipinski definition) is 1. The number of allylic oxidation sites excluding steroid dienone is 2. The van der Waals surface area contributed by atoms with Crippen molar-refractivity contribution >= 4 is 17.4 Å². The fourth-order valence-corrected chi connectivity index (χ4v) is 5.98. The first-order valence-corrected chi connectivity index (χ1v) is 11.9. The molecule has 0 aromatic rings. The molecule has 0 bridgehead atoms. The summed E-state index contributed by atoms with van der Waals surface area (Å²) in [5.74, 6) is 1.57. The fraction of sp³-hybridized carbons (Fsp3) is 0.800. The molecule has 0 aromatic carbocycles. The maximum absolute atomic E-state index is 5.45. The van der Waals surface area contributed by atoms with E-state index in [9.17, 15) is 0 Å². The Morgan fingerprint density at radius 2 is 2.13 bits per heavy atom. The standard InChI is InChI=1S/C20H36OP2/c1-15(11-14-21-23-22)7-9-17-16(2)8-10-18-19(3,4)12-6-13-20(17,18)5/h11,17-18,23H,2,6-10,12-14,22H2,1,3-5H3/t17?,18?,20-/m0/s1. The predicted octanol–water partition coefficient (Wildman–Crippen LogP) is 6.91. The molecular formula is C20H36OP2. The van der Waals surface area contributed by atoms with Crippen LogP contribution in [0.1, 0.15) is 72.6 Å². The van der Waals surface area contributed by atoms with Gasteiger partial charge in [-0.2, -0.15) is 0 Å². The molecule has 0 aromatic heterocycles. The summed E-state index contributed by atoms with van der Waals surface area (Å²) < 4.78 is 5.45. The average Bonchev–Trinajstić information content (AvgIpc) is 2.45. The molecule has 0 heterocycles. The molecule has 23 heavy (non-hydrogen) atoms. The lowest BCUT2D eigenvalue weighted by Gasteiger charge is -2.58. The Balaban J connectivity index is 2.06. The van der Waals surface area contributed by atoms with Gasteiger partial charge in [0.05, 0.1) is 6.61 Å². The Morgan fingerprint density at radius 1 is 1.39 bits per heavy atom. The summed E-state index contributed by atoms with van der Waals surface area (Å²) in [6.07, 6.45) is 11.5. The van der Waals surface area contributed by atoms with Crippen LogP contribution in [0.25, 0.3) is 0 Å². The highest BCUT2D eigenvalue weighted by Gasteiger charge is 2.52. The maximum Gasteiger partial charge on any atom is 0.0693 e. The molecule has 5 atom stereocenters. The van der Waals surface area contributed by atoms with Gasteiger partial charge in [-0.25, -0.2) is 0 Å². The SMILES string of the molecule is C=C1CCC2C(C)(C)CCC[C@@]2(C)C1CCC(C)=CCOPP. The van der Waals surface area contributed by atoms with E-state index in [0.717, 1.165) is 12.5 Å². The third-order valence-corrected chi connectivity index (χ3v) is 7.58. The van der Waals surface area contributed by atoms with Crippen molar-refractivity contribution in [2.24, 2.45) is 22.7 Å². The van der Waals surface area contributed by atoms with E-state index >= 15 is 0 Å². The lowest BCUT2D eigenvalue weighted by Crippen LogP contribution is -2.49. The van der Waals surface area contributed by atoms with Gasteiger partial charge in [-0.15, -0.1) is 0 Å². The first-order valence-electron chi connectivity index (χ1n) is 9.22. The minimum atomic E-state index is 0.468. The molecule has 2 aliphatic rings. The molecule has 1 nitrogen and oxygen atoms in total. The van der Waals surface area contributed by atoms with Crippen LogP contribution < -0.4 is 0 Å². The van der Waals surface area contributed by atoms with Gasteiger partial charge in [-0.3, -0.25) is 0 Å². The average molecular weight is 354 g/mol. The van der Waals surface area contributed by atoms with Gasteiger partial charge in [-0.1, -0.05) is 59.9 Å². The largest absolute Gasteiger partial charge is 0.354 e. The first-order chi connectivity index (χ1) is 10.8. The van der Waals surface area contributed by atoms with Gasteiger partial charge in [0.2, 0.25) is 0 Å². The van der Waals surface area contributed by atoms with Crippen molar-refractivity contribution in [2.45, 2.75) is 72.6 Å². The van der Waals surface area contributed by atoms with E-state index in [4.69, 9.17) is 4.52 Å². The Hall–Kier alpha value is 0.300. The Morgan fingerprint density at radius 3 is 2.83 bits per heavy atom. The molecule has 0 spiro atoms. The van der Waals surface area contributed by atoms with Crippen LogP contribution in [0.4, 0.5) is 0 Å². The summed E-state index contributed by atoms with van der Waals surface area (Å²) in [5, 5.41) is 0. The Labute approximate surface area is 148 Å². The molecule has 0 N–H and O–H groups in total. The number of fused-ring (bicyclic) bond motifs is 1. The van der Waals surface area contributed by atoms with Crippen molar-refractivity contribution < 1.29 is 4.52 Å². The van der Waals surface area contributed by atoms with Crippen molar-refractivity contribution in [2.75, 3.05) is 6.61 Å².